The van der Waals surface area contributed by atoms with E-state index < -0.39 is 0 Å². The summed E-state index contributed by atoms with van der Waals surface area (Å²) >= 11 is 0. The summed E-state index contributed by atoms with van der Waals surface area (Å²) in [5.74, 6) is 0.230. The standard InChI is InChI=1S/C19H28N2O2/c1-14(17-9-8-16-6-2-3-7-18(16)11-17)20-19(23)21-10-4-5-15(12-21)13-22/h8-9,11,14-15,22H,2-7,10,12-13H2,1H3,(H,20,23). The van der Waals surface area contributed by atoms with Crippen LogP contribution in [0.1, 0.15) is 55.3 Å². The molecular weight excluding hydrogens is 288 g/mol. The van der Waals surface area contributed by atoms with Gasteiger partial charge in [-0.1, -0.05) is 18.2 Å². The maximum Gasteiger partial charge on any atom is 0.317 e. The molecular formula is C19H28N2O2. The molecule has 0 bridgehead atoms. The molecule has 1 heterocycles. The van der Waals surface area contributed by atoms with Crippen molar-refractivity contribution in [2.45, 2.75) is 51.5 Å². The first kappa shape index (κ1) is 16.3. The second-order valence-corrected chi connectivity index (χ2v) is 7.04. The van der Waals surface area contributed by atoms with Gasteiger partial charge in [0.15, 0.2) is 0 Å². The molecule has 126 valence electrons. The van der Waals surface area contributed by atoms with Crippen molar-refractivity contribution in [1.82, 2.24) is 10.2 Å². The van der Waals surface area contributed by atoms with Gasteiger partial charge >= 0.3 is 6.03 Å². The van der Waals surface area contributed by atoms with E-state index in [1.165, 1.54) is 36.0 Å². The number of urea groups is 1. The summed E-state index contributed by atoms with van der Waals surface area (Å²) in [5, 5.41) is 12.4. The van der Waals surface area contributed by atoms with Crippen molar-refractivity contribution >= 4 is 6.03 Å². The van der Waals surface area contributed by atoms with Gasteiger partial charge < -0.3 is 15.3 Å². The molecule has 2 unspecified atom stereocenters. The number of aliphatic hydroxyl groups excluding tert-OH is 1. The van der Waals surface area contributed by atoms with Crippen LogP contribution in [0.4, 0.5) is 4.79 Å². The zero-order valence-electron chi connectivity index (χ0n) is 14.1. The van der Waals surface area contributed by atoms with Gasteiger partial charge in [0, 0.05) is 19.7 Å². The number of nitrogens with zero attached hydrogens (tertiary/aromatic N) is 1. The Balaban J connectivity index is 1.62. The molecule has 0 aromatic heterocycles. The molecule has 2 N–H and O–H groups in total. The van der Waals surface area contributed by atoms with E-state index in [-0.39, 0.29) is 24.6 Å². The lowest BCUT2D eigenvalue weighted by molar-refractivity contribution is 0.128. The van der Waals surface area contributed by atoms with Crippen LogP contribution in [-0.2, 0) is 12.8 Å². The van der Waals surface area contributed by atoms with E-state index in [2.05, 4.69) is 30.4 Å². The summed E-state index contributed by atoms with van der Waals surface area (Å²) in [5.41, 5.74) is 4.11. The van der Waals surface area contributed by atoms with Gasteiger partial charge in [0.25, 0.3) is 0 Å². The molecule has 0 spiro atoms. The topological polar surface area (TPSA) is 52.6 Å². The minimum Gasteiger partial charge on any atom is -0.396 e. The van der Waals surface area contributed by atoms with Crippen molar-refractivity contribution in [3.05, 3.63) is 34.9 Å². The summed E-state index contributed by atoms with van der Waals surface area (Å²) in [6.45, 7) is 3.68. The van der Waals surface area contributed by atoms with Crippen LogP contribution in [0.15, 0.2) is 18.2 Å². The molecule has 1 aliphatic heterocycles. The monoisotopic (exact) mass is 316 g/mol. The van der Waals surface area contributed by atoms with Gasteiger partial charge in [-0.3, -0.25) is 0 Å². The minimum absolute atomic E-state index is 0.00614. The fourth-order valence-electron chi connectivity index (χ4n) is 3.78. The minimum atomic E-state index is -0.00614. The lowest BCUT2D eigenvalue weighted by atomic mass is 9.89. The van der Waals surface area contributed by atoms with Crippen LogP contribution >= 0.6 is 0 Å². The van der Waals surface area contributed by atoms with Gasteiger partial charge in [-0.25, -0.2) is 4.79 Å². The molecule has 2 aliphatic rings. The number of hydrogen-bond donors (Lipinski definition) is 2. The number of amides is 2. The van der Waals surface area contributed by atoms with Gasteiger partial charge in [-0.2, -0.15) is 0 Å². The maximum atomic E-state index is 12.5. The quantitative estimate of drug-likeness (QED) is 0.900. The predicted molar refractivity (Wildman–Crippen MR) is 91.4 cm³/mol. The number of rotatable bonds is 3. The van der Waals surface area contributed by atoms with Crippen LogP contribution in [-0.4, -0.2) is 35.7 Å². The number of carbonyl (C=O) groups excluding carboxylic acids is 1. The van der Waals surface area contributed by atoms with Crippen LogP contribution in [0.25, 0.3) is 0 Å². The van der Waals surface area contributed by atoms with Gasteiger partial charge in [0.05, 0.1) is 6.04 Å². The highest BCUT2D eigenvalue weighted by Crippen LogP contribution is 2.25. The molecule has 0 radical (unpaired) electrons. The molecule has 1 fully saturated rings. The maximum absolute atomic E-state index is 12.5. The molecule has 4 heteroatoms. The molecule has 3 rings (SSSR count). The average molecular weight is 316 g/mol. The number of nitrogens with one attached hydrogen (secondary N) is 1. The normalized spacial score (nSPS) is 22.3. The van der Waals surface area contributed by atoms with E-state index >= 15 is 0 Å². The Morgan fingerprint density at radius 2 is 2.09 bits per heavy atom. The van der Waals surface area contributed by atoms with E-state index in [0.29, 0.717) is 6.54 Å². The van der Waals surface area contributed by atoms with Crippen molar-refractivity contribution in [3.8, 4) is 0 Å². The smallest absolute Gasteiger partial charge is 0.317 e. The number of carbonyl (C=O) groups is 1. The fourth-order valence-corrected chi connectivity index (χ4v) is 3.78. The molecule has 1 aromatic carbocycles. The van der Waals surface area contributed by atoms with Crippen molar-refractivity contribution in [2.75, 3.05) is 19.7 Å². The number of benzene rings is 1. The van der Waals surface area contributed by atoms with Gasteiger partial charge in [0.1, 0.15) is 0 Å². The van der Waals surface area contributed by atoms with E-state index in [1.54, 1.807) is 0 Å². The number of fused-ring (bicyclic) bond motifs is 1. The van der Waals surface area contributed by atoms with Crippen LogP contribution in [0.2, 0.25) is 0 Å². The summed E-state index contributed by atoms with van der Waals surface area (Å²) in [4.78, 5) is 14.3. The Hall–Kier alpha value is -1.55. The molecule has 23 heavy (non-hydrogen) atoms. The van der Waals surface area contributed by atoms with Gasteiger partial charge in [-0.05, 0) is 68.1 Å². The second-order valence-electron chi connectivity index (χ2n) is 7.04. The molecule has 1 saturated heterocycles. The molecule has 0 saturated carbocycles. The highest BCUT2D eigenvalue weighted by Gasteiger charge is 2.24. The summed E-state index contributed by atoms with van der Waals surface area (Å²) in [6, 6.07) is 6.67. The molecule has 2 atom stereocenters. The molecule has 2 amide bonds. The highest BCUT2D eigenvalue weighted by molar-refractivity contribution is 5.74. The van der Waals surface area contributed by atoms with Crippen molar-refractivity contribution in [2.24, 2.45) is 5.92 Å². The third-order valence-corrected chi connectivity index (χ3v) is 5.28. The van der Waals surface area contributed by atoms with Gasteiger partial charge in [0.2, 0.25) is 0 Å². The fraction of sp³-hybridized carbons (Fsp3) is 0.632. The largest absolute Gasteiger partial charge is 0.396 e. The number of hydrogen-bond acceptors (Lipinski definition) is 2. The highest BCUT2D eigenvalue weighted by atomic mass is 16.3. The first-order valence-electron chi connectivity index (χ1n) is 8.95. The number of aryl methyl sites for hydroxylation is 2. The zero-order valence-corrected chi connectivity index (χ0v) is 14.1. The summed E-state index contributed by atoms with van der Waals surface area (Å²) in [6.07, 6.45) is 6.90. The Morgan fingerprint density at radius 3 is 2.87 bits per heavy atom. The second kappa shape index (κ2) is 7.35. The number of likely N-dealkylation sites (tertiary alicyclic amines) is 1. The molecule has 1 aliphatic carbocycles. The Bertz CT molecular complexity index is 558. The van der Waals surface area contributed by atoms with E-state index in [0.717, 1.165) is 25.8 Å². The first-order chi connectivity index (χ1) is 11.2. The Labute approximate surface area is 138 Å². The van der Waals surface area contributed by atoms with Crippen molar-refractivity contribution in [1.29, 1.82) is 0 Å². The predicted octanol–water partition coefficient (Wildman–Crippen LogP) is 3.04. The number of aliphatic hydroxyl groups is 1. The van der Waals surface area contributed by atoms with E-state index in [9.17, 15) is 9.90 Å². The summed E-state index contributed by atoms with van der Waals surface area (Å²) < 4.78 is 0. The lowest BCUT2D eigenvalue weighted by Gasteiger charge is -2.33. The van der Waals surface area contributed by atoms with Crippen LogP contribution in [0.3, 0.4) is 0 Å². The van der Waals surface area contributed by atoms with Crippen LogP contribution < -0.4 is 5.32 Å². The SMILES string of the molecule is CC(NC(=O)N1CCCC(CO)C1)c1ccc2c(c1)CCCC2. The molecule has 4 nitrogen and oxygen atoms in total. The third-order valence-electron chi connectivity index (χ3n) is 5.28. The Kier molecular flexibility index (Phi) is 5.21. The average Bonchev–Trinajstić information content (AvgIpc) is 2.61. The lowest BCUT2D eigenvalue weighted by Crippen LogP contribution is -2.46. The number of piperidine rings is 1. The van der Waals surface area contributed by atoms with Crippen LogP contribution in [0.5, 0.6) is 0 Å². The zero-order chi connectivity index (χ0) is 16.2. The van der Waals surface area contributed by atoms with Crippen molar-refractivity contribution in [3.63, 3.8) is 0 Å². The van der Waals surface area contributed by atoms with Crippen molar-refractivity contribution < 1.29 is 9.90 Å². The van der Waals surface area contributed by atoms with Crippen LogP contribution in [0, 0.1) is 5.92 Å². The first-order valence-corrected chi connectivity index (χ1v) is 8.95. The van der Waals surface area contributed by atoms with E-state index in [1.807, 2.05) is 4.90 Å². The van der Waals surface area contributed by atoms with E-state index in [4.69, 9.17) is 0 Å². The summed E-state index contributed by atoms with van der Waals surface area (Å²) in [7, 11) is 0. The van der Waals surface area contributed by atoms with Gasteiger partial charge in [-0.15, -0.1) is 0 Å². The Morgan fingerprint density at radius 1 is 1.30 bits per heavy atom. The third kappa shape index (κ3) is 3.86. The molecule has 1 aromatic rings.